The Bertz CT molecular complexity index is 876. The van der Waals surface area contributed by atoms with Crippen molar-refractivity contribution in [3.63, 3.8) is 0 Å². The second-order valence-corrected chi connectivity index (χ2v) is 6.43. The fourth-order valence-corrected chi connectivity index (χ4v) is 3.40. The van der Waals surface area contributed by atoms with E-state index in [1.165, 1.54) is 6.07 Å². The number of halogens is 1. The standard InChI is InChI=1S/C18H16FN5O/c19-14-2-1-3-15(22-14)23-16-10-13(6-8-21-16)24-9-7-18(11-20,17(24)25)12-4-5-12/h1-3,6,8,10,12H,4-5,7,9H2,(H,21,22,23)/t18-/m1/s1. The molecule has 2 aromatic rings. The number of nitrogens with one attached hydrogen (secondary N) is 1. The van der Waals surface area contributed by atoms with Gasteiger partial charge in [-0.2, -0.15) is 9.65 Å². The minimum Gasteiger partial charge on any atom is -0.325 e. The largest absolute Gasteiger partial charge is 0.325 e. The van der Waals surface area contributed by atoms with Crippen molar-refractivity contribution in [2.45, 2.75) is 19.3 Å². The number of carbonyl (C=O) groups excluding carboxylic acids is 1. The molecule has 0 radical (unpaired) electrons. The second-order valence-electron chi connectivity index (χ2n) is 6.43. The van der Waals surface area contributed by atoms with Gasteiger partial charge in [-0.15, -0.1) is 0 Å². The maximum Gasteiger partial charge on any atom is 0.247 e. The quantitative estimate of drug-likeness (QED) is 0.867. The smallest absolute Gasteiger partial charge is 0.247 e. The number of hydrogen-bond acceptors (Lipinski definition) is 5. The van der Waals surface area contributed by atoms with Crippen molar-refractivity contribution in [1.29, 1.82) is 5.26 Å². The molecule has 1 amide bonds. The molecule has 6 nitrogen and oxygen atoms in total. The van der Waals surface area contributed by atoms with Gasteiger partial charge in [0.2, 0.25) is 11.9 Å². The molecule has 0 spiro atoms. The molecule has 1 aliphatic heterocycles. The highest BCUT2D eigenvalue weighted by Crippen LogP contribution is 2.51. The first-order valence-electron chi connectivity index (χ1n) is 8.21. The molecule has 2 aromatic heterocycles. The molecule has 4 rings (SSSR count). The molecule has 1 saturated heterocycles. The van der Waals surface area contributed by atoms with E-state index in [4.69, 9.17) is 0 Å². The van der Waals surface area contributed by atoms with Crippen LogP contribution in [0.3, 0.4) is 0 Å². The summed E-state index contributed by atoms with van der Waals surface area (Å²) in [5.74, 6) is 0.273. The third-order valence-electron chi connectivity index (χ3n) is 4.86. The van der Waals surface area contributed by atoms with Gasteiger partial charge in [-0.05, 0) is 43.4 Å². The lowest BCUT2D eigenvalue weighted by atomic mass is 9.83. The molecule has 1 atom stereocenters. The minimum atomic E-state index is -0.874. The molecule has 0 bridgehead atoms. The highest BCUT2D eigenvalue weighted by Gasteiger charge is 2.56. The molecule has 3 heterocycles. The Morgan fingerprint density at radius 3 is 2.88 bits per heavy atom. The number of aromatic nitrogens is 2. The molecule has 1 saturated carbocycles. The molecular formula is C18H16FN5O. The van der Waals surface area contributed by atoms with E-state index in [1.807, 2.05) is 0 Å². The third kappa shape index (κ3) is 2.70. The van der Waals surface area contributed by atoms with Crippen molar-refractivity contribution in [2.75, 3.05) is 16.8 Å². The van der Waals surface area contributed by atoms with Crippen molar-refractivity contribution in [3.8, 4) is 6.07 Å². The lowest BCUT2D eigenvalue weighted by Gasteiger charge is -2.21. The van der Waals surface area contributed by atoms with Crippen molar-refractivity contribution >= 4 is 23.2 Å². The molecule has 2 fully saturated rings. The van der Waals surface area contributed by atoms with Gasteiger partial charge in [-0.1, -0.05) is 6.07 Å². The summed E-state index contributed by atoms with van der Waals surface area (Å²) in [7, 11) is 0. The van der Waals surface area contributed by atoms with E-state index in [9.17, 15) is 14.4 Å². The van der Waals surface area contributed by atoms with Crippen molar-refractivity contribution in [1.82, 2.24) is 9.97 Å². The Kier molecular flexibility index (Phi) is 3.61. The van der Waals surface area contributed by atoms with Gasteiger partial charge in [0.05, 0.1) is 6.07 Å². The van der Waals surface area contributed by atoms with Gasteiger partial charge in [-0.25, -0.2) is 9.97 Å². The van der Waals surface area contributed by atoms with Crippen LogP contribution in [0, 0.1) is 28.6 Å². The molecule has 2 aliphatic rings. The number of rotatable bonds is 4. The zero-order chi connectivity index (χ0) is 17.4. The lowest BCUT2D eigenvalue weighted by Crippen LogP contribution is -2.35. The lowest BCUT2D eigenvalue weighted by molar-refractivity contribution is -0.123. The van der Waals surface area contributed by atoms with Crippen LogP contribution in [0.15, 0.2) is 36.5 Å². The van der Waals surface area contributed by atoms with E-state index in [1.54, 1.807) is 35.4 Å². The van der Waals surface area contributed by atoms with Crippen molar-refractivity contribution < 1.29 is 9.18 Å². The van der Waals surface area contributed by atoms with Crippen LogP contribution in [0.25, 0.3) is 0 Å². The zero-order valence-electron chi connectivity index (χ0n) is 13.4. The first-order valence-corrected chi connectivity index (χ1v) is 8.21. The molecule has 0 unspecified atom stereocenters. The minimum absolute atomic E-state index is 0.126. The van der Waals surface area contributed by atoms with Crippen LogP contribution in [0.1, 0.15) is 19.3 Å². The van der Waals surface area contributed by atoms with Crippen LogP contribution < -0.4 is 10.2 Å². The number of anilines is 3. The predicted molar refractivity (Wildman–Crippen MR) is 89.5 cm³/mol. The van der Waals surface area contributed by atoms with Crippen LogP contribution in [-0.2, 0) is 4.79 Å². The number of pyridine rings is 2. The van der Waals surface area contributed by atoms with Gasteiger partial charge in [0.1, 0.15) is 17.1 Å². The molecule has 0 aromatic carbocycles. The second kappa shape index (κ2) is 5.81. The predicted octanol–water partition coefficient (Wildman–Crippen LogP) is 3.02. The Morgan fingerprint density at radius 2 is 2.16 bits per heavy atom. The molecular weight excluding hydrogens is 321 g/mol. The SMILES string of the molecule is N#C[C@@]1(C2CC2)CCN(c2ccnc(Nc3cccc(F)n3)c2)C1=O. The number of carbonyl (C=O) groups is 1. The van der Waals surface area contributed by atoms with Crippen LogP contribution >= 0.6 is 0 Å². The van der Waals surface area contributed by atoms with E-state index in [0.717, 1.165) is 12.8 Å². The molecule has 7 heteroatoms. The summed E-state index contributed by atoms with van der Waals surface area (Å²) in [6.07, 6.45) is 4.03. The molecule has 126 valence electrons. The molecule has 1 N–H and O–H groups in total. The summed E-state index contributed by atoms with van der Waals surface area (Å²) in [5, 5.41) is 12.5. The Balaban J connectivity index is 1.58. The van der Waals surface area contributed by atoms with Gasteiger partial charge in [0.15, 0.2) is 0 Å². The van der Waals surface area contributed by atoms with E-state index >= 15 is 0 Å². The fraction of sp³-hybridized carbons (Fsp3) is 0.333. The fourth-order valence-electron chi connectivity index (χ4n) is 3.40. The van der Waals surface area contributed by atoms with Gasteiger partial charge >= 0.3 is 0 Å². The summed E-state index contributed by atoms with van der Waals surface area (Å²) in [6.45, 7) is 0.518. The van der Waals surface area contributed by atoms with E-state index < -0.39 is 11.4 Å². The van der Waals surface area contributed by atoms with Gasteiger partial charge in [0.25, 0.3) is 0 Å². The highest BCUT2D eigenvalue weighted by atomic mass is 19.1. The maximum absolute atomic E-state index is 13.2. The number of nitriles is 1. The summed E-state index contributed by atoms with van der Waals surface area (Å²) in [4.78, 5) is 22.4. The van der Waals surface area contributed by atoms with Gasteiger partial charge in [0, 0.05) is 24.5 Å². The number of hydrogen-bond donors (Lipinski definition) is 1. The normalized spacial score (nSPS) is 22.7. The van der Waals surface area contributed by atoms with Crippen LogP contribution in [0.5, 0.6) is 0 Å². The van der Waals surface area contributed by atoms with Crippen LogP contribution in [0.2, 0.25) is 0 Å². The maximum atomic E-state index is 13.2. The topological polar surface area (TPSA) is 81.9 Å². The molecule has 1 aliphatic carbocycles. The summed E-state index contributed by atoms with van der Waals surface area (Å²) < 4.78 is 13.2. The Hall–Kier alpha value is -3.01. The number of amides is 1. The first kappa shape index (κ1) is 15.5. The number of nitrogens with zero attached hydrogens (tertiary/aromatic N) is 4. The van der Waals surface area contributed by atoms with Crippen molar-refractivity contribution in [2.24, 2.45) is 11.3 Å². The summed E-state index contributed by atoms with van der Waals surface area (Å²) >= 11 is 0. The average Bonchev–Trinajstić information content (AvgIpc) is 3.40. The van der Waals surface area contributed by atoms with E-state index in [2.05, 4.69) is 21.4 Å². The van der Waals surface area contributed by atoms with Gasteiger partial charge < -0.3 is 10.2 Å². The van der Waals surface area contributed by atoms with Gasteiger partial charge in [-0.3, -0.25) is 4.79 Å². The third-order valence-corrected chi connectivity index (χ3v) is 4.86. The first-order chi connectivity index (χ1) is 12.1. The van der Waals surface area contributed by atoms with E-state index in [0.29, 0.717) is 30.3 Å². The van der Waals surface area contributed by atoms with Crippen LogP contribution in [-0.4, -0.2) is 22.4 Å². The monoisotopic (exact) mass is 337 g/mol. The highest BCUT2D eigenvalue weighted by molar-refractivity contribution is 6.02. The van der Waals surface area contributed by atoms with Crippen molar-refractivity contribution in [3.05, 3.63) is 42.5 Å². The summed E-state index contributed by atoms with van der Waals surface area (Å²) in [5.41, 5.74) is -0.197. The Morgan fingerprint density at radius 1 is 1.32 bits per heavy atom. The summed E-state index contributed by atoms with van der Waals surface area (Å²) in [6, 6.07) is 10.2. The van der Waals surface area contributed by atoms with Crippen LogP contribution in [0.4, 0.5) is 21.7 Å². The Labute approximate surface area is 144 Å². The van der Waals surface area contributed by atoms with E-state index in [-0.39, 0.29) is 11.8 Å². The molecule has 25 heavy (non-hydrogen) atoms. The average molecular weight is 337 g/mol. The zero-order valence-corrected chi connectivity index (χ0v) is 13.4.